The third-order valence-corrected chi connectivity index (χ3v) is 6.29. The molecule has 2 aliphatic heterocycles. The van der Waals surface area contributed by atoms with E-state index >= 15 is 0 Å². The van der Waals surface area contributed by atoms with Gasteiger partial charge in [0.05, 0.1) is 11.5 Å². The number of fused-ring (bicyclic) bond motifs is 1. The Morgan fingerprint density at radius 2 is 1.73 bits per heavy atom. The maximum atomic E-state index is 13.5. The van der Waals surface area contributed by atoms with Crippen molar-refractivity contribution >= 4 is 11.7 Å². The number of rotatable bonds is 2. The van der Waals surface area contributed by atoms with E-state index in [1.54, 1.807) is 0 Å². The van der Waals surface area contributed by atoms with E-state index in [4.69, 9.17) is 0 Å². The Morgan fingerprint density at radius 1 is 1.07 bits per heavy atom. The molecule has 1 saturated heterocycles. The molecule has 1 aliphatic carbocycles. The largest absolute Gasteiger partial charge is 0.416 e. The minimum absolute atomic E-state index is 0.0151. The highest BCUT2D eigenvalue weighted by atomic mass is 19.4. The Hall–Kier alpha value is -2.57. The van der Waals surface area contributed by atoms with Gasteiger partial charge < -0.3 is 10.2 Å². The Morgan fingerprint density at radius 3 is 2.37 bits per heavy atom. The zero-order valence-corrected chi connectivity index (χ0v) is 16.9. The molecule has 1 amide bonds. The van der Waals surface area contributed by atoms with Crippen LogP contribution in [0.4, 0.5) is 13.2 Å². The Labute approximate surface area is 173 Å². The van der Waals surface area contributed by atoms with Gasteiger partial charge >= 0.3 is 6.18 Å². The number of likely N-dealkylation sites (tertiary alicyclic amines) is 1. The summed E-state index contributed by atoms with van der Waals surface area (Å²) in [5.74, 6) is -1.26. The van der Waals surface area contributed by atoms with Gasteiger partial charge in [-0.15, -0.1) is 0 Å². The van der Waals surface area contributed by atoms with Crippen LogP contribution in [0.15, 0.2) is 47.3 Å². The van der Waals surface area contributed by atoms with Crippen LogP contribution in [-0.4, -0.2) is 29.7 Å². The van der Waals surface area contributed by atoms with E-state index in [2.05, 4.69) is 5.32 Å². The van der Waals surface area contributed by atoms with Crippen molar-refractivity contribution in [2.45, 2.75) is 51.1 Å². The number of allylic oxidation sites excluding steroid dienone is 3. The van der Waals surface area contributed by atoms with Crippen molar-refractivity contribution in [2.24, 2.45) is 5.92 Å². The van der Waals surface area contributed by atoms with Crippen molar-refractivity contribution in [2.75, 3.05) is 13.1 Å². The van der Waals surface area contributed by atoms with Crippen molar-refractivity contribution in [3.05, 3.63) is 58.4 Å². The van der Waals surface area contributed by atoms with Crippen LogP contribution in [0.1, 0.15) is 56.1 Å². The number of nitrogens with one attached hydrogen (secondary N) is 1. The summed E-state index contributed by atoms with van der Waals surface area (Å²) in [6.45, 7) is 3.14. The lowest BCUT2D eigenvalue weighted by molar-refractivity contribution is -0.137. The molecular weight excluding hydrogens is 393 g/mol. The predicted molar refractivity (Wildman–Crippen MR) is 106 cm³/mol. The fraction of sp³-hybridized carbons (Fsp3) is 0.478. The quantitative estimate of drug-likeness (QED) is 0.767. The van der Waals surface area contributed by atoms with E-state index in [9.17, 15) is 22.8 Å². The maximum Gasteiger partial charge on any atom is 0.416 e. The number of carbonyl (C=O) groups is 2. The van der Waals surface area contributed by atoms with Crippen LogP contribution in [0.2, 0.25) is 0 Å². The van der Waals surface area contributed by atoms with Gasteiger partial charge in [0.15, 0.2) is 0 Å². The van der Waals surface area contributed by atoms with Crippen molar-refractivity contribution in [1.82, 2.24) is 10.2 Å². The summed E-state index contributed by atoms with van der Waals surface area (Å²) in [7, 11) is 0. The van der Waals surface area contributed by atoms with Crippen LogP contribution in [0.25, 0.3) is 0 Å². The molecule has 4 nitrogen and oxygen atoms in total. The van der Waals surface area contributed by atoms with Gasteiger partial charge in [0.1, 0.15) is 5.78 Å². The minimum Gasteiger partial charge on any atom is -0.362 e. The second-order valence-corrected chi connectivity index (χ2v) is 8.26. The number of ketones is 1. The molecule has 1 fully saturated rings. The number of halogens is 3. The molecule has 0 bridgehead atoms. The van der Waals surface area contributed by atoms with Gasteiger partial charge in [-0.3, -0.25) is 9.59 Å². The fourth-order valence-corrected chi connectivity index (χ4v) is 4.80. The average molecular weight is 418 g/mol. The molecule has 3 aliphatic rings. The van der Waals surface area contributed by atoms with E-state index < -0.39 is 23.6 Å². The van der Waals surface area contributed by atoms with E-state index in [0.717, 1.165) is 37.1 Å². The molecule has 30 heavy (non-hydrogen) atoms. The zero-order chi connectivity index (χ0) is 21.5. The van der Waals surface area contributed by atoms with Crippen molar-refractivity contribution in [3.8, 4) is 0 Å². The Kier molecular flexibility index (Phi) is 5.47. The van der Waals surface area contributed by atoms with Gasteiger partial charge in [-0.25, -0.2) is 0 Å². The number of nitrogens with zero attached hydrogens (tertiary/aromatic N) is 1. The first-order valence-corrected chi connectivity index (χ1v) is 10.4. The lowest BCUT2D eigenvalue weighted by atomic mass is 9.70. The van der Waals surface area contributed by atoms with Gasteiger partial charge in [0, 0.05) is 42.4 Å². The number of carbonyl (C=O) groups excluding carboxylic acids is 2. The van der Waals surface area contributed by atoms with Crippen molar-refractivity contribution in [1.29, 1.82) is 0 Å². The molecule has 1 aromatic carbocycles. The number of piperidine rings is 1. The standard InChI is InChI=1S/C23H25F3N2O2/c1-14-19(22(30)28-12-3-2-4-13-28)20(21-17(27-14)6-5-7-18(21)29)15-8-10-16(11-9-15)23(24,25)26/h6,8-11,20-21,27H,2-5,7,12-13H2,1H3. The highest BCUT2D eigenvalue weighted by Crippen LogP contribution is 2.44. The van der Waals surface area contributed by atoms with Crippen molar-refractivity contribution < 1.29 is 22.8 Å². The van der Waals surface area contributed by atoms with Crippen LogP contribution in [0.3, 0.4) is 0 Å². The smallest absolute Gasteiger partial charge is 0.362 e. The summed E-state index contributed by atoms with van der Waals surface area (Å²) >= 11 is 0. The monoisotopic (exact) mass is 418 g/mol. The molecule has 0 aromatic heterocycles. The third kappa shape index (κ3) is 3.77. The molecule has 1 aromatic rings. The maximum absolute atomic E-state index is 13.5. The summed E-state index contributed by atoms with van der Waals surface area (Å²) in [5.41, 5.74) is 1.75. The molecule has 0 spiro atoms. The second kappa shape index (κ2) is 7.93. The van der Waals surface area contributed by atoms with Gasteiger partial charge in [0.25, 0.3) is 5.91 Å². The Bertz CT molecular complexity index is 909. The molecule has 7 heteroatoms. The molecule has 160 valence electrons. The van der Waals surface area contributed by atoms with Crippen LogP contribution in [-0.2, 0) is 15.8 Å². The normalized spacial score (nSPS) is 24.9. The lowest BCUT2D eigenvalue weighted by Crippen LogP contribution is -2.45. The summed E-state index contributed by atoms with van der Waals surface area (Å²) in [6.07, 6.45) is 1.48. The first kappa shape index (κ1) is 20.7. The van der Waals surface area contributed by atoms with E-state index in [-0.39, 0.29) is 11.7 Å². The van der Waals surface area contributed by atoms with Gasteiger partial charge in [-0.2, -0.15) is 13.2 Å². The molecule has 1 N–H and O–H groups in total. The summed E-state index contributed by atoms with van der Waals surface area (Å²) in [5, 5.41) is 3.25. The summed E-state index contributed by atoms with van der Waals surface area (Å²) in [6, 6.07) is 4.89. The van der Waals surface area contributed by atoms with Crippen LogP contribution >= 0.6 is 0 Å². The van der Waals surface area contributed by atoms with Crippen LogP contribution in [0.5, 0.6) is 0 Å². The molecule has 2 unspecified atom stereocenters. The highest BCUT2D eigenvalue weighted by Gasteiger charge is 2.44. The average Bonchev–Trinajstić information content (AvgIpc) is 2.72. The predicted octanol–water partition coefficient (Wildman–Crippen LogP) is 4.54. The Balaban J connectivity index is 1.79. The van der Waals surface area contributed by atoms with Gasteiger partial charge in [0.2, 0.25) is 0 Å². The number of alkyl halides is 3. The fourth-order valence-electron chi connectivity index (χ4n) is 4.80. The number of hydrogen-bond donors (Lipinski definition) is 1. The highest BCUT2D eigenvalue weighted by molar-refractivity contribution is 5.99. The van der Waals surface area contributed by atoms with E-state index in [1.165, 1.54) is 12.1 Å². The van der Waals surface area contributed by atoms with E-state index in [1.807, 2.05) is 17.9 Å². The number of benzene rings is 1. The SMILES string of the molecule is CC1=C(C(=O)N2CCCCC2)C(c2ccc(C(F)(F)F)cc2)C2C(=O)CCC=C2N1. The van der Waals surface area contributed by atoms with Crippen molar-refractivity contribution in [3.63, 3.8) is 0 Å². The zero-order valence-electron chi connectivity index (χ0n) is 16.9. The molecule has 4 rings (SSSR count). The molecule has 2 heterocycles. The van der Waals surface area contributed by atoms with Gasteiger partial charge in [-0.1, -0.05) is 18.2 Å². The van der Waals surface area contributed by atoms with E-state index in [0.29, 0.717) is 42.8 Å². The third-order valence-electron chi connectivity index (χ3n) is 6.29. The number of hydrogen-bond acceptors (Lipinski definition) is 3. The second-order valence-electron chi connectivity index (χ2n) is 8.26. The first-order chi connectivity index (χ1) is 14.3. The number of Topliss-reactive ketones (excluding diaryl/α,β-unsaturated/α-hetero) is 1. The van der Waals surface area contributed by atoms with Crippen LogP contribution in [0, 0.1) is 5.92 Å². The first-order valence-electron chi connectivity index (χ1n) is 10.4. The van der Waals surface area contributed by atoms with Crippen LogP contribution < -0.4 is 5.32 Å². The topological polar surface area (TPSA) is 49.4 Å². The molecule has 2 atom stereocenters. The molecular formula is C23H25F3N2O2. The van der Waals surface area contributed by atoms with Gasteiger partial charge in [-0.05, 0) is 50.3 Å². The lowest BCUT2D eigenvalue weighted by Gasteiger charge is -2.40. The molecule has 0 radical (unpaired) electrons. The minimum atomic E-state index is -4.43. The number of amides is 1. The molecule has 0 saturated carbocycles. The summed E-state index contributed by atoms with van der Waals surface area (Å²) in [4.78, 5) is 28.2. The summed E-state index contributed by atoms with van der Waals surface area (Å²) < 4.78 is 39.2.